The van der Waals surface area contributed by atoms with Crippen LogP contribution in [0.15, 0.2) is 17.1 Å². The van der Waals surface area contributed by atoms with Crippen LogP contribution < -0.4 is 16.2 Å². The van der Waals surface area contributed by atoms with E-state index in [0.717, 1.165) is 18.8 Å². The molecule has 1 aromatic heterocycles. The van der Waals surface area contributed by atoms with Crippen molar-refractivity contribution in [1.82, 2.24) is 9.78 Å². The molecule has 1 aliphatic rings. The predicted molar refractivity (Wildman–Crippen MR) is 77.5 cm³/mol. The average molecular weight is 264 g/mol. The summed E-state index contributed by atoms with van der Waals surface area (Å²) in [6.45, 7) is 8.49. The van der Waals surface area contributed by atoms with Crippen molar-refractivity contribution in [3.63, 3.8) is 0 Å². The number of rotatable bonds is 3. The minimum absolute atomic E-state index is 0.0776. The zero-order chi connectivity index (χ0) is 14.0. The maximum atomic E-state index is 12.2. The zero-order valence-electron chi connectivity index (χ0n) is 12.1. The zero-order valence-corrected chi connectivity index (χ0v) is 12.1. The first-order chi connectivity index (χ1) is 8.94. The summed E-state index contributed by atoms with van der Waals surface area (Å²) in [5.41, 5.74) is 6.11. The van der Waals surface area contributed by atoms with Gasteiger partial charge in [-0.25, -0.2) is 4.68 Å². The van der Waals surface area contributed by atoms with Gasteiger partial charge in [0.05, 0.1) is 17.4 Å². The molecule has 0 radical (unpaired) electrons. The fraction of sp³-hybridized carbons (Fsp3) is 0.714. The Balaban J connectivity index is 2.26. The molecule has 0 saturated carbocycles. The van der Waals surface area contributed by atoms with Crippen LogP contribution in [-0.2, 0) is 5.54 Å². The number of aromatic nitrogens is 2. The molecule has 0 aliphatic carbocycles. The van der Waals surface area contributed by atoms with Crippen molar-refractivity contribution in [2.75, 3.05) is 24.5 Å². The van der Waals surface area contributed by atoms with E-state index >= 15 is 0 Å². The quantitative estimate of drug-likeness (QED) is 0.890. The molecular formula is C14H24N4O. The molecule has 2 N–H and O–H groups in total. The van der Waals surface area contributed by atoms with Gasteiger partial charge in [-0.3, -0.25) is 4.79 Å². The summed E-state index contributed by atoms with van der Waals surface area (Å²) in [4.78, 5) is 14.4. The molecule has 106 valence electrons. The van der Waals surface area contributed by atoms with Crippen molar-refractivity contribution < 1.29 is 0 Å². The van der Waals surface area contributed by atoms with Crippen molar-refractivity contribution in [3.05, 3.63) is 22.6 Å². The van der Waals surface area contributed by atoms with Gasteiger partial charge < -0.3 is 10.6 Å². The van der Waals surface area contributed by atoms with E-state index in [1.165, 1.54) is 17.5 Å². The second-order valence-corrected chi connectivity index (χ2v) is 6.17. The standard InChI is InChI=1S/C14H24N4O/c1-11-5-4-6-17(9-11)12-7-13(19)18(16-8-12)14(2,3)10-15/h7-8,11H,4-6,9-10,15H2,1-3H3. The molecule has 0 bridgehead atoms. The molecule has 0 spiro atoms. The Bertz CT molecular complexity index is 494. The van der Waals surface area contributed by atoms with Gasteiger partial charge in [0.15, 0.2) is 0 Å². The third kappa shape index (κ3) is 2.97. The summed E-state index contributed by atoms with van der Waals surface area (Å²) in [7, 11) is 0. The van der Waals surface area contributed by atoms with Crippen LogP contribution >= 0.6 is 0 Å². The lowest BCUT2D eigenvalue weighted by molar-refractivity contribution is 0.314. The van der Waals surface area contributed by atoms with Gasteiger partial charge in [-0.1, -0.05) is 6.92 Å². The highest BCUT2D eigenvalue weighted by atomic mass is 16.1. The van der Waals surface area contributed by atoms with E-state index in [4.69, 9.17) is 5.73 Å². The van der Waals surface area contributed by atoms with Crippen molar-refractivity contribution in [3.8, 4) is 0 Å². The number of anilines is 1. The van der Waals surface area contributed by atoms with Gasteiger partial charge >= 0.3 is 0 Å². The summed E-state index contributed by atoms with van der Waals surface area (Å²) in [5.74, 6) is 0.677. The Morgan fingerprint density at radius 1 is 1.53 bits per heavy atom. The molecule has 2 heterocycles. The first-order valence-electron chi connectivity index (χ1n) is 6.99. The number of hydrogen-bond acceptors (Lipinski definition) is 4. The Morgan fingerprint density at radius 2 is 2.26 bits per heavy atom. The topological polar surface area (TPSA) is 64.2 Å². The highest BCUT2D eigenvalue weighted by Crippen LogP contribution is 2.21. The number of hydrogen-bond donors (Lipinski definition) is 1. The van der Waals surface area contributed by atoms with Crippen LogP contribution in [0.1, 0.15) is 33.6 Å². The minimum atomic E-state index is -0.440. The third-order valence-corrected chi connectivity index (χ3v) is 3.88. The van der Waals surface area contributed by atoms with E-state index in [1.54, 1.807) is 12.3 Å². The predicted octanol–water partition coefficient (Wildman–Crippen LogP) is 1.17. The van der Waals surface area contributed by atoms with Crippen LogP contribution in [0, 0.1) is 5.92 Å². The van der Waals surface area contributed by atoms with Gasteiger partial charge in [0.1, 0.15) is 0 Å². The number of nitrogens with two attached hydrogens (primary N) is 1. The molecule has 5 nitrogen and oxygen atoms in total. The molecule has 1 atom stereocenters. The van der Waals surface area contributed by atoms with E-state index in [2.05, 4.69) is 16.9 Å². The molecule has 0 aromatic carbocycles. The van der Waals surface area contributed by atoms with Crippen molar-refractivity contribution in [2.45, 2.75) is 39.2 Å². The molecule has 5 heteroatoms. The van der Waals surface area contributed by atoms with Crippen LogP contribution in [0.3, 0.4) is 0 Å². The first-order valence-corrected chi connectivity index (χ1v) is 6.99. The Kier molecular flexibility index (Phi) is 3.94. The normalized spacial score (nSPS) is 20.6. The Labute approximate surface area is 114 Å². The van der Waals surface area contributed by atoms with Gasteiger partial charge in [-0.2, -0.15) is 5.10 Å². The van der Waals surface area contributed by atoms with Crippen LogP contribution in [-0.4, -0.2) is 29.4 Å². The number of piperidine rings is 1. The van der Waals surface area contributed by atoms with Gasteiger partial charge in [0.2, 0.25) is 0 Å². The van der Waals surface area contributed by atoms with Crippen molar-refractivity contribution >= 4 is 5.69 Å². The molecular weight excluding hydrogens is 240 g/mol. The smallest absolute Gasteiger partial charge is 0.269 e. The summed E-state index contributed by atoms with van der Waals surface area (Å²) < 4.78 is 1.48. The SMILES string of the molecule is CC1CCCN(c2cnn(C(C)(C)CN)c(=O)c2)C1. The van der Waals surface area contributed by atoms with Crippen LogP contribution in [0.25, 0.3) is 0 Å². The van der Waals surface area contributed by atoms with E-state index in [1.807, 2.05) is 13.8 Å². The Morgan fingerprint density at radius 3 is 2.84 bits per heavy atom. The largest absolute Gasteiger partial charge is 0.370 e. The third-order valence-electron chi connectivity index (χ3n) is 3.88. The van der Waals surface area contributed by atoms with Crippen LogP contribution in [0.4, 0.5) is 5.69 Å². The molecule has 1 unspecified atom stereocenters. The average Bonchev–Trinajstić information content (AvgIpc) is 2.38. The maximum absolute atomic E-state index is 12.2. The molecule has 1 saturated heterocycles. The van der Waals surface area contributed by atoms with Gasteiger partial charge in [-0.15, -0.1) is 0 Å². The van der Waals surface area contributed by atoms with E-state index in [9.17, 15) is 4.79 Å². The summed E-state index contributed by atoms with van der Waals surface area (Å²) in [6.07, 6.45) is 4.23. The molecule has 0 amide bonds. The first kappa shape index (κ1) is 14.1. The summed E-state index contributed by atoms with van der Waals surface area (Å²) in [6, 6.07) is 1.68. The molecule has 1 fully saturated rings. The molecule has 1 aliphatic heterocycles. The van der Waals surface area contributed by atoms with E-state index < -0.39 is 5.54 Å². The van der Waals surface area contributed by atoms with Crippen molar-refractivity contribution in [1.29, 1.82) is 0 Å². The summed E-state index contributed by atoms with van der Waals surface area (Å²) >= 11 is 0. The highest BCUT2D eigenvalue weighted by molar-refractivity contribution is 5.43. The highest BCUT2D eigenvalue weighted by Gasteiger charge is 2.22. The van der Waals surface area contributed by atoms with Crippen LogP contribution in [0.2, 0.25) is 0 Å². The minimum Gasteiger partial charge on any atom is -0.370 e. The lowest BCUT2D eigenvalue weighted by atomic mass is 10.00. The van der Waals surface area contributed by atoms with E-state index in [-0.39, 0.29) is 5.56 Å². The summed E-state index contributed by atoms with van der Waals surface area (Å²) in [5, 5.41) is 4.30. The molecule has 19 heavy (non-hydrogen) atoms. The van der Waals surface area contributed by atoms with E-state index in [0.29, 0.717) is 12.5 Å². The lowest BCUT2D eigenvalue weighted by Crippen LogP contribution is -2.44. The number of nitrogens with zero attached hydrogens (tertiary/aromatic N) is 3. The monoisotopic (exact) mass is 264 g/mol. The second kappa shape index (κ2) is 5.33. The van der Waals surface area contributed by atoms with Gasteiger partial charge in [-0.05, 0) is 32.6 Å². The fourth-order valence-corrected chi connectivity index (χ4v) is 2.54. The molecule has 1 aromatic rings. The molecule has 2 rings (SSSR count). The fourth-order valence-electron chi connectivity index (χ4n) is 2.54. The maximum Gasteiger partial charge on any atom is 0.269 e. The van der Waals surface area contributed by atoms with Gasteiger partial charge in [0.25, 0.3) is 5.56 Å². The second-order valence-electron chi connectivity index (χ2n) is 6.17. The Hall–Kier alpha value is -1.36. The van der Waals surface area contributed by atoms with Crippen molar-refractivity contribution in [2.24, 2.45) is 11.7 Å². The van der Waals surface area contributed by atoms with Crippen LogP contribution in [0.5, 0.6) is 0 Å². The lowest BCUT2D eigenvalue weighted by Gasteiger charge is -2.33. The van der Waals surface area contributed by atoms with Gasteiger partial charge in [0, 0.05) is 25.7 Å².